The monoisotopic (exact) mass is 305 g/mol. The Bertz CT molecular complexity index is 653. The Morgan fingerprint density at radius 1 is 1.23 bits per heavy atom. The predicted molar refractivity (Wildman–Crippen MR) is 74.1 cm³/mol. The van der Waals surface area contributed by atoms with Crippen molar-refractivity contribution in [1.82, 2.24) is 4.90 Å². The molecule has 22 heavy (non-hydrogen) atoms. The average molecular weight is 305 g/mol. The molecule has 1 saturated heterocycles. The first kappa shape index (κ1) is 14.2. The van der Waals surface area contributed by atoms with Gasteiger partial charge in [0.2, 0.25) is 6.79 Å². The van der Waals surface area contributed by atoms with Gasteiger partial charge in [-0.2, -0.15) is 0 Å². The van der Waals surface area contributed by atoms with E-state index in [1.54, 1.807) is 4.90 Å². The molecule has 0 amide bonds. The lowest BCUT2D eigenvalue weighted by atomic mass is 10.1. The third-order valence-electron chi connectivity index (χ3n) is 3.55. The van der Waals surface area contributed by atoms with E-state index >= 15 is 0 Å². The first-order valence-corrected chi connectivity index (χ1v) is 6.68. The minimum absolute atomic E-state index is 0.00972. The first-order chi connectivity index (χ1) is 10.6. The van der Waals surface area contributed by atoms with Crippen LogP contribution in [0.4, 0.5) is 0 Å². The van der Waals surface area contributed by atoms with Crippen LogP contribution in [0.3, 0.4) is 0 Å². The number of carbonyl (C=O) groups excluding carboxylic acids is 2. The van der Waals surface area contributed by atoms with Gasteiger partial charge < -0.3 is 23.8 Å². The van der Waals surface area contributed by atoms with Crippen molar-refractivity contribution in [3.05, 3.63) is 35.5 Å². The van der Waals surface area contributed by atoms with Gasteiger partial charge in [0.1, 0.15) is 5.70 Å². The van der Waals surface area contributed by atoms with Crippen LogP contribution in [0.2, 0.25) is 0 Å². The summed E-state index contributed by atoms with van der Waals surface area (Å²) in [6.07, 6.45) is 1.14. The number of rotatable bonds is 4. The van der Waals surface area contributed by atoms with Crippen LogP contribution >= 0.6 is 0 Å². The van der Waals surface area contributed by atoms with Crippen LogP contribution in [0.15, 0.2) is 30.0 Å². The molecule has 2 aliphatic heterocycles. The summed E-state index contributed by atoms with van der Waals surface area (Å²) in [5.41, 5.74) is 1.15. The maximum absolute atomic E-state index is 11.8. The van der Waals surface area contributed by atoms with Crippen molar-refractivity contribution in [3.8, 4) is 11.5 Å². The minimum Gasteiger partial charge on any atom is -0.466 e. The van der Waals surface area contributed by atoms with E-state index < -0.39 is 11.9 Å². The van der Waals surface area contributed by atoms with Crippen molar-refractivity contribution in [2.24, 2.45) is 0 Å². The van der Waals surface area contributed by atoms with Gasteiger partial charge in [0, 0.05) is 6.54 Å². The Kier molecular flexibility index (Phi) is 3.62. The van der Waals surface area contributed by atoms with E-state index in [4.69, 9.17) is 14.2 Å². The molecule has 1 fully saturated rings. The Balaban J connectivity index is 1.80. The van der Waals surface area contributed by atoms with E-state index in [0.29, 0.717) is 18.0 Å². The summed E-state index contributed by atoms with van der Waals surface area (Å²) >= 11 is 0. The van der Waals surface area contributed by atoms with Crippen LogP contribution < -0.4 is 9.47 Å². The van der Waals surface area contributed by atoms with E-state index in [2.05, 4.69) is 4.74 Å². The zero-order chi connectivity index (χ0) is 15.7. The largest absolute Gasteiger partial charge is 0.466 e. The van der Waals surface area contributed by atoms with Gasteiger partial charge in [-0.3, -0.25) is 0 Å². The topological polar surface area (TPSA) is 74.1 Å². The second kappa shape index (κ2) is 5.59. The van der Waals surface area contributed by atoms with Gasteiger partial charge in [-0.25, -0.2) is 9.59 Å². The van der Waals surface area contributed by atoms with E-state index in [0.717, 1.165) is 11.6 Å². The normalized spacial score (nSPS) is 18.9. The molecule has 116 valence electrons. The fourth-order valence-corrected chi connectivity index (χ4v) is 2.35. The van der Waals surface area contributed by atoms with E-state index in [1.165, 1.54) is 14.2 Å². The van der Waals surface area contributed by atoms with Crippen molar-refractivity contribution in [2.75, 3.05) is 27.6 Å². The van der Waals surface area contributed by atoms with Crippen molar-refractivity contribution < 1.29 is 28.5 Å². The summed E-state index contributed by atoms with van der Waals surface area (Å²) in [5, 5.41) is 0. The number of hydrogen-bond acceptors (Lipinski definition) is 7. The van der Waals surface area contributed by atoms with Crippen molar-refractivity contribution in [1.29, 1.82) is 0 Å². The van der Waals surface area contributed by atoms with Gasteiger partial charge in [-0.15, -0.1) is 0 Å². The molecule has 2 heterocycles. The number of methoxy groups -OCH3 is 2. The molecule has 0 bridgehead atoms. The van der Waals surface area contributed by atoms with Crippen molar-refractivity contribution >= 4 is 11.9 Å². The zero-order valence-corrected chi connectivity index (χ0v) is 12.2. The van der Waals surface area contributed by atoms with E-state index in [-0.39, 0.29) is 18.5 Å². The molecule has 0 spiro atoms. The lowest BCUT2D eigenvalue weighted by Crippen LogP contribution is -2.15. The van der Waals surface area contributed by atoms with Crippen LogP contribution in [-0.4, -0.2) is 44.4 Å². The molecule has 7 nitrogen and oxygen atoms in total. The highest BCUT2D eigenvalue weighted by molar-refractivity contribution is 5.96. The van der Waals surface area contributed by atoms with E-state index in [9.17, 15) is 9.59 Å². The fourth-order valence-electron chi connectivity index (χ4n) is 2.35. The van der Waals surface area contributed by atoms with E-state index in [1.807, 2.05) is 18.2 Å². The Morgan fingerprint density at radius 3 is 2.73 bits per heavy atom. The molecule has 0 aliphatic carbocycles. The van der Waals surface area contributed by atoms with Gasteiger partial charge in [-0.05, 0) is 17.7 Å². The lowest BCUT2D eigenvalue weighted by molar-refractivity contribution is -0.139. The molecular weight excluding hydrogens is 290 g/mol. The van der Waals surface area contributed by atoms with Crippen molar-refractivity contribution in [2.45, 2.75) is 6.04 Å². The number of hydrogen-bond donors (Lipinski definition) is 0. The lowest BCUT2D eigenvalue weighted by Gasteiger charge is -2.09. The smallest absolute Gasteiger partial charge is 0.354 e. The van der Waals surface area contributed by atoms with Gasteiger partial charge in [0.05, 0.1) is 26.3 Å². The van der Waals surface area contributed by atoms with Gasteiger partial charge in [-0.1, -0.05) is 6.07 Å². The number of fused-ring (bicyclic) bond motifs is 1. The summed E-state index contributed by atoms with van der Waals surface area (Å²) in [6.45, 7) is 0.820. The molecular formula is C15H15NO6. The summed E-state index contributed by atoms with van der Waals surface area (Å²) in [4.78, 5) is 25.0. The number of benzene rings is 1. The van der Waals surface area contributed by atoms with Gasteiger partial charge in [0.15, 0.2) is 11.5 Å². The molecule has 1 unspecified atom stereocenters. The number of nitrogens with zero attached hydrogens (tertiary/aromatic N) is 1. The minimum atomic E-state index is -0.600. The summed E-state index contributed by atoms with van der Waals surface area (Å²) in [5.74, 6) is 0.209. The maximum Gasteiger partial charge on any atom is 0.354 e. The molecule has 7 heteroatoms. The number of ether oxygens (including phenoxy) is 4. The predicted octanol–water partition coefficient (Wildman–Crippen LogP) is 1.00. The summed E-state index contributed by atoms with van der Waals surface area (Å²) in [7, 11) is 2.53. The highest BCUT2D eigenvalue weighted by Crippen LogP contribution is 2.42. The van der Waals surface area contributed by atoms with Crippen LogP contribution in [-0.2, 0) is 19.1 Å². The molecule has 1 aromatic carbocycles. The SMILES string of the molecule is COC(=O)C=C(C(=O)OC)N1CC1c1ccc2c(c1)OCO2. The molecule has 2 aliphatic rings. The molecule has 0 saturated carbocycles. The highest BCUT2D eigenvalue weighted by Gasteiger charge is 2.41. The zero-order valence-electron chi connectivity index (χ0n) is 12.2. The molecule has 0 aromatic heterocycles. The third kappa shape index (κ3) is 2.57. The van der Waals surface area contributed by atoms with Gasteiger partial charge in [0.25, 0.3) is 0 Å². The fraction of sp³-hybridized carbons (Fsp3) is 0.333. The molecule has 1 atom stereocenters. The summed E-state index contributed by atoms with van der Waals surface area (Å²) < 4.78 is 19.9. The van der Waals surface area contributed by atoms with Crippen LogP contribution in [0, 0.1) is 0 Å². The Labute approximate surface area is 127 Å². The van der Waals surface area contributed by atoms with Gasteiger partial charge >= 0.3 is 11.9 Å². The Morgan fingerprint density at radius 2 is 2.00 bits per heavy atom. The average Bonchev–Trinajstić information content (AvgIpc) is 3.19. The van der Waals surface area contributed by atoms with Crippen molar-refractivity contribution in [3.63, 3.8) is 0 Å². The second-order valence-electron chi connectivity index (χ2n) is 4.83. The molecule has 0 radical (unpaired) electrons. The quantitative estimate of drug-likeness (QED) is 0.467. The molecule has 1 aromatic rings. The maximum atomic E-state index is 11.8. The number of carbonyl (C=O) groups is 2. The highest BCUT2D eigenvalue weighted by atomic mass is 16.7. The summed E-state index contributed by atoms with van der Waals surface area (Å²) in [6, 6.07) is 5.60. The number of esters is 2. The Hall–Kier alpha value is -2.70. The molecule has 3 rings (SSSR count). The van der Waals surface area contributed by atoms with Crippen LogP contribution in [0.5, 0.6) is 11.5 Å². The van der Waals surface area contributed by atoms with Crippen LogP contribution in [0.1, 0.15) is 11.6 Å². The first-order valence-electron chi connectivity index (χ1n) is 6.68. The third-order valence-corrected chi connectivity index (χ3v) is 3.55. The van der Waals surface area contributed by atoms with Crippen LogP contribution in [0.25, 0.3) is 0 Å². The second-order valence-corrected chi connectivity index (χ2v) is 4.83. The molecule has 0 N–H and O–H groups in total. The standard InChI is InChI=1S/C15H15NO6/c1-19-14(17)6-10(15(18)20-2)16-7-11(16)9-3-4-12-13(5-9)22-8-21-12/h3-6,11H,7-8H2,1-2H3.